The molecule has 0 spiro atoms. The lowest BCUT2D eigenvalue weighted by Gasteiger charge is -2.11. The first-order valence-electron chi connectivity index (χ1n) is 13.6. The van der Waals surface area contributed by atoms with E-state index in [0.29, 0.717) is 46.2 Å². The van der Waals surface area contributed by atoms with E-state index in [1.165, 1.54) is 18.7 Å². The number of methoxy groups -OCH3 is 1. The van der Waals surface area contributed by atoms with Crippen LogP contribution >= 0.6 is 11.3 Å². The molecule has 222 valence electrons. The molecule has 4 aromatic carbocycles. The molecule has 0 atom stereocenters. The van der Waals surface area contributed by atoms with Gasteiger partial charge in [-0.3, -0.25) is 9.59 Å². The Bertz CT molecular complexity index is 1830. The molecule has 0 saturated carbocycles. The molecule has 0 bridgehead atoms. The highest BCUT2D eigenvalue weighted by Gasteiger charge is 2.20. The minimum absolute atomic E-state index is 0.0167. The Morgan fingerprint density at radius 3 is 2.48 bits per heavy atom. The summed E-state index contributed by atoms with van der Waals surface area (Å²) in [6.45, 7) is 0.449. The third-order valence-electron chi connectivity index (χ3n) is 6.88. The molecule has 0 aliphatic carbocycles. The summed E-state index contributed by atoms with van der Waals surface area (Å²) < 4.78 is 36.8. The maximum Gasteiger partial charge on any atom is 0.267 e. The highest BCUT2D eigenvalue weighted by Crippen LogP contribution is 2.37. The van der Waals surface area contributed by atoms with Gasteiger partial charge in [-0.05, 0) is 47.0 Å². The molecule has 0 saturated heterocycles. The molecule has 2 amide bonds. The Morgan fingerprint density at radius 2 is 1.66 bits per heavy atom. The van der Waals surface area contributed by atoms with Crippen molar-refractivity contribution in [2.24, 2.45) is 0 Å². The lowest BCUT2D eigenvalue weighted by atomic mass is 10.0. The number of carbonyl (C=O) groups excluding carboxylic acids is 2. The molecule has 6 rings (SSSR count). The van der Waals surface area contributed by atoms with Crippen molar-refractivity contribution >= 4 is 23.2 Å². The number of halogens is 1. The average molecular weight is 612 g/mol. The lowest BCUT2D eigenvalue weighted by molar-refractivity contribution is 0.0941. The summed E-state index contributed by atoms with van der Waals surface area (Å²) in [4.78, 5) is 29.9. The van der Waals surface area contributed by atoms with Gasteiger partial charge in [-0.25, -0.2) is 9.37 Å². The van der Waals surface area contributed by atoms with Crippen LogP contribution in [0.1, 0.15) is 31.2 Å². The SMILES string of the molecule is COc1ccccc1C(=O)NCc1ccc(-c2ccc(CNC(=O)c3scnc3Oc3ccc4c(c3)OCO4)c(F)c2)cc1. The van der Waals surface area contributed by atoms with Gasteiger partial charge in [0, 0.05) is 24.7 Å². The number of hydrogen-bond donors (Lipinski definition) is 2. The highest BCUT2D eigenvalue weighted by molar-refractivity contribution is 7.12. The molecule has 5 aromatic rings. The van der Waals surface area contributed by atoms with Crippen molar-refractivity contribution < 1.29 is 32.9 Å². The topological polar surface area (TPSA) is 108 Å². The van der Waals surface area contributed by atoms with E-state index in [2.05, 4.69) is 15.6 Å². The number of nitrogens with one attached hydrogen (secondary N) is 2. The van der Waals surface area contributed by atoms with Crippen molar-refractivity contribution in [1.82, 2.24) is 15.6 Å². The van der Waals surface area contributed by atoms with Crippen LogP contribution in [0, 0.1) is 5.82 Å². The first-order chi connectivity index (χ1) is 21.5. The summed E-state index contributed by atoms with van der Waals surface area (Å²) in [5.74, 6) is 1.14. The van der Waals surface area contributed by atoms with Crippen LogP contribution in [0.2, 0.25) is 0 Å². The Labute approximate surface area is 256 Å². The molecule has 11 heteroatoms. The van der Waals surface area contributed by atoms with E-state index in [-0.39, 0.29) is 30.0 Å². The third kappa shape index (κ3) is 6.32. The van der Waals surface area contributed by atoms with Gasteiger partial charge in [0.1, 0.15) is 17.3 Å². The maximum atomic E-state index is 15.1. The van der Waals surface area contributed by atoms with Gasteiger partial charge in [-0.2, -0.15) is 0 Å². The number of carbonyl (C=O) groups is 2. The molecule has 1 aliphatic heterocycles. The number of benzene rings is 4. The molecular weight excluding hydrogens is 585 g/mol. The van der Waals surface area contributed by atoms with Gasteiger partial charge in [-0.1, -0.05) is 48.5 Å². The van der Waals surface area contributed by atoms with E-state index >= 15 is 4.39 Å². The standard InChI is InChI=1S/C33H26FN3O6S/c1-40-27-5-3-2-4-25(27)31(38)35-16-20-6-8-21(9-7-20)22-10-11-23(26(34)14-22)17-36-32(39)30-33(37-18-44-30)43-24-12-13-28-29(15-24)42-19-41-28/h2-15,18H,16-17,19H2,1H3,(H,35,38)(H,36,39). The first-order valence-corrected chi connectivity index (χ1v) is 14.4. The molecule has 2 heterocycles. The molecule has 2 N–H and O–H groups in total. The lowest BCUT2D eigenvalue weighted by Crippen LogP contribution is -2.23. The van der Waals surface area contributed by atoms with Crippen LogP contribution in [-0.4, -0.2) is 30.7 Å². The number of nitrogens with zero attached hydrogens (tertiary/aromatic N) is 1. The van der Waals surface area contributed by atoms with Crippen LogP contribution in [-0.2, 0) is 13.1 Å². The van der Waals surface area contributed by atoms with Gasteiger partial charge in [0.15, 0.2) is 16.4 Å². The summed E-state index contributed by atoms with van der Waals surface area (Å²) in [6.07, 6.45) is 0. The van der Waals surface area contributed by atoms with Crippen molar-refractivity contribution in [2.45, 2.75) is 13.1 Å². The number of amides is 2. The number of fused-ring (bicyclic) bond motifs is 1. The fraction of sp³-hybridized carbons (Fsp3) is 0.121. The summed E-state index contributed by atoms with van der Waals surface area (Å²) in [7, 11) is 1.52. The summed E-state index contributed by atoms with van der Waals surface area (Å²) in [5.41, 5.74) is 4.69. The van der Waals surface area contributed by atoms with Crippen LogP contribution in [0.15, 0.2) is 90.4 Å². The van der Waals surface area contributed by atoms with Gasteiger partial charge in [0.05, 0.1) is 18.2 Å². The summed E-state index contributed by atoms with van der Waals surface area (Å²) in [5, 5.41) is 5.63. The number of hydrogen-bond acceptors (Lipinski definition) is 8. The van der Waals surface area contributed by atoms with Gasteiger partial charge in [0.2, 0.25) is 12.7 Å². The number of rotatable bonds is 10. The largest absolute Gasteiger partial charge is 0.496 e. The van der Waals surface area contributed by atoms with E-state index in [9.17, 15) is 9.59 Å². The normalized spacial score (nSPS) is 11.6. The van der Waals surface area contributed by atoms with Crippen LogP contribution in [0.5, 0.6) is 28.9 Å². The van der Waals surface area contributed by atoms with Gasteiger partial charge < -0.3 is 29.6 Å². The molecule has 0 radical (unpaired) electrons. The van der Waals surface area contributed by atoms with E-state index in [0.717, 1.165) is 22.5 Å². The minimum Gasteiger partial charge on any atom is -0.496 e. The van der Waals surface area contributed by atoms with E-state index in [1.54, 1.807) is 54.6 Å². The summed E-state index contributed by atoms with van der Waals surface area (Å²) >= 11 is 1.12. The fourth-order valence-corrected chi connectivity index (χ4v) is 5.19. The Balaban J connectivity index is 1.04. The summed E-state index contributed by atoms with van der Waals surface area (Å²) in [6, 6.07) is 24.5. The number of thiazole rings is 1. The fourth-order valence-electron chi connectivity index (χ4n) is 4.56. The Hall–Kier alpha value is -5.42. The predicted molar refractivity (Wildman–Crippen MR) is 162 cm³/mol. The van der Waals surface area contributed by atoms with Crippen molar-refractivity contribution in [2.75, 3.05) is 13.9 Å². The quantitative estimate of drug-likeness (QED) is 0.190. The minimum atomic E-state index is -0.447. The molecule has 1 aromatic heterocycles. The second-order valence-corrected chi connectivity index (χ2v) is 10.5. The molecular formula is C33H26FN3O6S. The Kier molecular flexibility index (Phi) is 8.37. The van der Waals surface area contributed by atoms with Crippen molar-refractivity contribution in [3.63, 3.8) is 0 Å². The van der Waals surface area contributed by atoms with Crippen LogP contribution in [0.25, 0.3) is 11.1 Å². The molecule has 1 aliphatic rings. The van der Waals surface area contributed by atoms with Gasteiger partial charge in [0.25, 0.3) is 11.8 Å². The zero-order chi connectivity index (χ0) is 30.5. The second-order valence-electron chi connectivity index (χ2n) is 9.67. The van der Waals surface area contributed by atoms with Crippen LogP contribution in [0.4, 0.5) is 4.39 Å². The molecule has 0 fully saturated rings. The number of ether oxygens (including phenoxy) is 4. The number of aromatic nitrogens is 1. The van der Waals surface area contributed by atoms with E-state index in [1.807, 2.05) is 24.3 Å². The van der Waals surface area contributed by atoms with Gasteiger partial charge >= 0.3 is 0 Å². The van der Waals surface area contributed by atoms with Crippen LogP contribution < -0.4 is 29.6 Å². The third-order valence-corrected chi connectivity index (χ3v) is 7.69. The zero-order valence-corrected chi connectivity index (χ0v) is 24.3. The van der Waals surface area contributed by atoms with Gasteiger partial charge in [-0.15, -0.1) is 11.3 Å². The van der Waals surface area contributed by atoms with Crippen molar-refractivity contribution in [3.8, 4) is 40.0 Å². The predicted octanol–water partition coefficient (Wildman–Crippen LogP) is 6.34. The molecule has 44 heavy (non-hydrogen) atoms. The first kappa shape index (κ1) is 28.7. The number of para-hydroxylation sites is 1. The van der Waals surface area contributed by atoms with E-state index < -0.39 is 11.7 Å². The van der Waals surface area contributed by atoms with E-state index in [4.69, 9.17) is 18.9 Å². The highest BCUT2D eigenvalue weighted by atomic mass is 32.1. The van der Waals surface area contributed by atoms with Crippen molar-refractivity contribution in [1.29, 1.82) is 0 Å². The molecule has 0 unspecified atom stereocenters. The van der Waals surface area contributed by atoms with Crippen LogP contribution in [0.3, 0.4) is 0 Å². The second kappa shape index (κ2) is 12.8. The average Bonchev–Trinajstić information content (AvgIpc) is 3.72. The van der Waals surface area contributed by atoms with Crippen molar-refractivity contribution in [3.05, 3.63) is 118 Å². The Morgan fingerprint density at radius 1 is 0.886 bits per heavy atom. The smallest absolute Gasteiger partial charge is 0.267 e. The monoisotopic (exact) mass is 611 g/mol. The molecule has 9 nitrogen and oxygen atoms in total. The zero-order valence-electron chi connectivity index (χ0n) is 23.5. The maximum absolute atomic E-state index is 15.1.